The normalized spacial score (nSPS) is 13.8. The van der Waals surface area contributed by atoms with Crippen LogP contribution in [-0.4, -0.2) is 35.2 Å². The smallest absolute Gasteiger partial charge is 0.303 e. The molecule has 6 nitrogen and oxygen atoms in total. The maximum atomic E-state index is 13.5. The van der Waals surface area contributed by atoms with Crippen LogP contribution in [0.4, 0.5) is 18.9 Å². The SMILES string of the molecule is CC(Nc1c(Cl)ccc2c1CCNCC2)c1cc(F)c(F)c(F)c1.O=C(O)CCC(=O)O. The molecule has 0 amide bonds. The largest absolute Gasteiger partial charge is 0.481 e. The van der Waals surface area contributed by atoms with Gasteiger partial charge in [-0.1, -0.05) is 17.7 Å². The van der Waals surface area contributed by atoms with Gasteiger partial charge in [0.1, 0.15) is 0 Å². The fourth-order valence-corrected chi connectivity index (χ4v) is 3.47. The van der Waals surface area contributed by atoms with Gasteiger partial charge in [-0.2, -0.15) is 0 Å². The molecule has 0 bridgehead atoms. The molecule has 0 aliphatic carbocycles. The van der Waals surface area contributed by atoms with Crippen molar-refractivity contribution in [1.29, 1.82) is 0 Å². The number of hydrogen-bond acceptors (Lipinski definition) is 4. The van der Waals surface area contributed by atoms with Gasteiger partial charge in [0.05, 0.1) is 23.6 Å². The van der Waals surface area contributed by atoms with Crippen LogP contribution in [0.1, 0.15) is 42.5 Å². The average Bonchev–Trinajstić information content (AvgIpc) is 2.98. The highest BCUT2D eigenvalue weighted by Gasteiger charge is 2.19. The summed E-state index contributed by atoms with van der Waals surface area (Å²) in [4.78, 5) is 19.3. The van der Waals surface area contributed by atoms with Gasteiger partial charge in [-0.3, -0.25) is 9.59 Å². The molecule has 0 spiro atoms. The Kier molecular flexibility index (Phi) is 9.34. The molecule has 2 aromatic carbocycles. The minimum atomic E-state index is -1.45. The fourth-order valence-electron chi connectivity index (χ4n) is 3.24. The van der Waals surface area contributed by atoms with E-state index in [1.54, 1.807) is 6.92 Å². The number of hydrogen-bond donors (Lipinski definition) is 4. The summed E-state index contributed by atoms with van der Waals surface area (Å²) in [6, 6.07) is 5.43. The first-order valence-electron chi connectivity index (χ1n) is 9.95. The van der Waals surface area contributed by atoms with E-state index in [0.29, 0.717) is 10.6 Å². The zero-order chi connectivity index (χ0) is 23.8. The van der Waals surface area contributed by atoms with E-state index in [9.17, 15) is 22.8 Å². The van der Waals surface area contributed by atoms with Crippen LogP contribution in [0.25, 0.3) is 0 Å². The van der Waals surface area contributed by atoms with Crippen molar-refractivity contribution >= 4 is 29.2 Å². The lowest BCUT2D eigenvalue weighted by molar-refractivity contribution is -0.143. The van der Waals surface area contributed by atoms with Gasteiger partial charge >= 0.3 is 11.9 Å². The Balaban J connectivity index is 0.000000390. The second-order valence-corrected chi connectivity index (χ2v) is 7.67. The van der Waals surface area contributed by atoms with E-state index >= 15 is 0 Å². The summed E-state index contributed by atoms with van der Waals surface area (Å²) in [6.07, 6.45) is 1.12. The van der Waals surface area contributed by atoms with Crippen LogP contribution in [0.5, 0.6) is 0 Å². The van der Waals surface area contributed by atoms with Crippen molar-refractivity contribution in [3.63, 3.8) is 0 Å². The van der Waals surface area contributed by atoms with Crippen LogP contribution in [0.3, 0.4) is 0 Å². The molecule has 2 aromatic rings. The van der Waals surface area contributed by atoms with Gasteiger partial charge in [-0.05, 0) is 67.7 Å². The molecule has 174 valence electrons. The zero-order valence-electron chi connectivity index (χ0n) is 17.4. The van der Waals surface area contributed by atoms with Crippen molar-refractivity contribution in [2.24, 2.45) is 0 Å². The molecule has 1 unspecified atom stereocenters. The number of aliphatic carboxylic acids is 2. The number of anilines is 1. The van der Waals surface area contributed by atoms with Crippen molar-refractivity contribution in [3.05, 3.63) is 63.4 Å². The molecule has 0 fully saturated rings. The third kappa shape index (κ3) is 7.13. The fraction of sp³-hybridized carbons (Fsp3) is 0.364. The van der Waals surface area contributed by atoms with Crippen LogP contribution in [0.2, 0.25) is 5.02 Å². The van der Waals surface area contributed by atoms with E-state index in [-0.39, 0.29) is 12.8 Å². The number of nitrogens with one attached hydrogen (secondary N) is 2. The maximum absolute atomic E-state index is 13.5. The molecule has 0 saturated heterocycles. The van der Waals surface area contributed by atoms with Gasteiger partial charge in [0.2, 0.25) is 0 Å². The second-order valence-electron chi connectivity index (χ2n) is 7.26. The lowest BCUT2D eigenvalue weighted by Crippen LogP contribution is -2.16. The number of fused-ring (bicyclic) bond motifs is 1. The van der Waals surface area contributed by atoms with E-state index in [4.69, 9.17) is 21.8 Å². The third-order valence-corrected chi connectivity index (χ3v) is 5.22. The Morgan fingerprint density at radius 2 is 1.62 bits per heavy atom. The molecule has 1 aliphatic rings. The molecule has 0 radical (unpaired) electrons. The topological polar surface area (TPSA) is 98.7 Å². The van der Waals surface area contributed by atoms with Gasteiger partial charge in [-0.25, -0.2) is 13.2 Å². The Morgan fingerprint density at radius 1 is 1.06 bits per heavy atom. The summed E-state index contributed by atoms with van der Waals surface area (Å²) in [6.45, 7) is 3.50. The van der Waals surface area contributed by atoms with Gasteiger partial charge < -0.3 is 20.8 Å². The first-order valence-corrected chi connectivity index (χ1v) is 10.3. The predicted molar refractivity (Wildman–Crippen MR) is 115 cm³/mol. The molecular formula is C22H24ClF3N2O4. The highest BCUT2D eigenvalue weighted by Crippen LogP contribution is 2.33. The number of carboxylic acids is 2. The lowest BCUT2D eigenvalue weighted by atomic mass is 9.99. The third-order valence-electron chi connectivity index (χ3n) is 4.90. The first-order chi connectivity index (χ1) is 15.1. The Bertz CT molecular complexity index is 951. The second kappa shape index (κ2) is 11.7. The summed E-state index contributed by atoms with van der Waals surface area (Å²) >= 11 is 6.34. The maximum Gasteiger partial charge on any atom is 0.303 e. The van der Waals surface area contributed by atoms with Crippen LogP contribution in [0, 0.1) is 17.5 Å². The van der Waals surface area contributed by atoms with Gasteiger partial charge in [-0.15, -0.1) is 0 Å². The lowest BCUT2D eigenvalue weighted by Gasteiger charge is -2.21. The first kappa shape index (κ1) is 25.5. The molecule has 32 heavy (non-hydrogen) atoms. The van der Waals surface area contributed by atoms with Crippen LogP contribution in [0.15, 0.2) is 24.3 Å². The van der Waals surface area contributed by atoms with E-state index in [2.05, 4.69) is 10.6 Å². The van der Waals surface area contributed by atoms with Gasteiger partial charge in [0.25, 0.3) is 0 Å². The number of rotatable bonds is 6. The number of benzene rings is 2. The van der Waals surface area contributed by atoms with E-state index < -0.39 is 35.4 Å². The summed E-state index contributed by atoms with van der Waals surface area (Å²) in [5, 5.41) is 22.9. The molecule has 0 saturated carbocycles. The zero-order valence-corrected chi connectivity index (χ0v) is 18.1. The summed E-state index contributed by atoms with van der Waals surface area (Å²) in [7, 11) is 0. The number of carboxylic acid groups (broad SMARTS) is 2. The van der Waals surface area contributed by atoms with Crippen molar-refractivity contribution < 1.29 is 33.0 Å². The molecule has 1 heterocycles. The van der Waals surface area contributed by atoms with Crippen LogP contribution >= 0.6 is 11.6 Å². The van der Waals surface area contributed by atoms with Gasteiger partial charge in [0, 0.05) is 6.04 Å². The molecule has 3 rings (SSSR count). The van der Waals surface area contributed by atoms with Crippen molar-refractivity contribution in [2.45, 2.75) is 38.6 Å². The molecule has 1 aliphatic heterocycles. The molecule has 10 heteroatoms. The number of carbonyl (C=O) groups is 2. The molecular weight excluding hydrogens is 449 g/mol. The van der Waals surface area contributed by atoms with Crippen LogP contribution in [-0.2, 0) is 22.4 Å². The average molecular weight is 473 g/mol. The molecule has 1 atom stereocenters. The summed E-state index contributed by atoms with van der Waals surface area (Å²) < 4.78 is 40.1. The summed E-state index contributed by atoms with van der Waals surface area (Å²) in [5.41, 5.74) is 3.42. The highest BCUT2D eigenvalue weighted by atomic mass is 35.5. The molecule has 4 N–H and O–H groups in total. The van der Waals surface area contributed by atoms with E-state index in [0.717, 1.165) is 49.3 Å². The summed E-state index contributed by atoms with van der Waals surface area (Å²) in [5.74, 6) is -6.00. The van der Waals surface area contributed by atoms with Crippen LogP contribution < -0.4 is 10.6 Å². The van der Waals surface area contributed by atoms with Gasteiger partial charge in [0.15, 0.2) is 17.5 Å². The molecule has 0 aromatic heterocycles. The van der Waals surface area contributed by atoms with Crippen molar-refractivity contribution in [1.82, 2.24) is 5.32 Å². The van der Waals surface area contributed by atoms with Crippen molar-refractivity contribution in [3.8, 4) is 0 Å². The minimum Gasteiger partial charge on any atom is -0.481 e. The Labute approximate surface area is 188 Å². The number of halogens is 4. The highest BCUT2D eigenvalue weighted by molar-refractivity contribution is 6.33. The van der Waals surface area contributed by atoms with E-state index in [1.165, 1.54) is 5.56 Å². The Morgan fingerprint density at radius 3 is 2.19 bits per heavy atom. The van der Waals surface area contributed by atoms with E-state index in [1.807, 2.05) is 12.1 Å². The predicted octanol–water partition coefficient (Wildman–Crippen LogP) is 4.55. The standard InChI is InChI=1S/C18H18ClF3N2.C4H6O4/c1-10(12-8-15(20)17(22)16(21)9-12)24-18-13-5-7-23-6-4-11(13)2-3-14(18)19;5-3(6)1-2-4(7)8/h2-3,8-10,23-24H,4-7H2,1H3;1-2H2,(H,5,6)(H,7,8). The quantitative estimate of drug-likeness (QED) is 0.460. The van der Waals surface area contributed by atoms with Crippen molar-refractivity contribution in [2.75, 3.05) is 18.4 Å². The Hall–Kier alpha value is -2.78. The monoisotopic (exact) mass is 472 g/mol. The minimum absolute atomic E-state index is 0.296.